The number of ether oxygens (including phenoxy) is 3. The van der Waals surface area contributed by atoms with Crippen molar-refractivity contribution in [2.45, 2.75) is 37.8 Å². The Hall–Kier alpha value is -2.12. The van der Waals surface area contributed by atoms with E-state index in [2.05, 4.69) is 14.8 Å². The van der Waals surface area contributed by atoms with Crippen LogP contribution in [0.5, 0.6) is 0 Å². The van der Waals surface area contributed by atoms with Gasteiger partial charge in [0.15, 0.2) is 6.10 Å². The second kappa shape index (κ2) is 7.46. The Kier molecular flexibility index (Phi) is 5.95. The van der Waals surface area contributed by atoms with Crippen LogP contribution in [0, 0.1) is 0 Å². The first kappa shape index (κ1) is 15.9. The minimum atomic E-state index is -0.981. The molecule has 0 aliphatic carbocycles. The summed E-state index contributed by atoms with van der Waals surface area (Å²) in [6, 6.07) is -0.981. The quantitative estimate of drug-likeness (QED) is 0.508. The van der Waals surface area contributed by atoms with Crippen molar-refractivity contribution < 1.29 is 33.4 Å². The van der Waals surface area contributed by atoms with Crippen molar-refractivity contribution in [3.63, 3.8) is 0 Å². The normalized spacial score (nSPS) is 18.9. The molecular formula is C12H17NO7. The molecule has 20 heavy (non-hydrogen) atoms. The first-order valence-electron chi connectivity index (χ1n) is 6.12. The van der Waals surface area contributed by atoms with Gasteiger partial charge in [0.1, 0.15) is 6.04 Å². The van der Waals surface area contributed by atoms with Crippen LogP contribution in [-0.4, -0.2) is 50.2 Å². The molecule has 2 atom stereocenters. The first-order chi connectivity index (χ1) is 9.47. The van der Waals surface area contributed by atoms with Crippen LogP contribution in [-0.2, 0) is 33.4 Å². The molecule has 1 saturated heterocycles. The van der Waals surface area contributed by atoms with Crippen molar-refractivity contribution in [1.29, 1.82) is 0 Å². The number of nitrogens with one attached hydrogen (secondary N) is 1. The molecule has 0 aromatic heterocycles. The molecule has 0 radical (unpaired) electrons. The van der Waals surface area contributed by atoms with Gasteiger partial charge in [-0.15, -0.1) is 0 Å². The summed E-state index contributed by atoms with van der Waals surface area (Å²) in [6.45, 7) is 0. The van der Waals surface area contributed by atoms with Crippen LogP contribution in [0.4, 0.5) is 0 Å². The molecule has 8 heteroatoms. The molecule has 0 unspecified atom stereocenters. The van der Waals surface area contributed by atoms with Gasteiger partial charge >= 0.3 is 17.9 Å². The Morgan fingerprint density at radius 1 is 1.35 bits per heavy atom. The van der Waals surface area contributed by atoms with Gasteiger partial charge in [-0.05, 0) is 6.42 Å². The lowest BCUT2D eigenvalue weighted by molar-refractivity contribution is -0.151. The molecule has 1 heterocycles. The fourth-order valence-corrected chi connectivity index (χ4v) is 1.73. The van der Waals surface area contributed by atoms with E-state index in [0.717, 1.165) is 0 Å². The summed E-state index contributed by atoms with van der Waals surface area (Å²) in [5.74, 6) is -2.20. The largest absolute Gasteiger partial charge is 0.469 e. The summed E-state index contributed by atoms with van der Waals surface area (Å²) in [7, 11) is 2.40. The Balaban J connectivity index is 2.55. The molecule has 8 nitrogen and oxygen atoms in total. The lowest BCUT2D eigenvalue weighted by atomic mass is 10.1. The number of carbonyl (C=O) groups excluding carboxylic acids is 4. The summed E-state index contributed by atoms with van der Waals surface area (Å²) in [6.07, 6.45) is -0.446. The molecule has 0 saturated carbocycles. The van der Waals surface area contributed by atoms with Crippen molar-refractivity contribution in [3.8, 4) is 0 Å². The van der Waals surface area contributed by atoms with Crippen molar-refractivity contribution in [3.05, 3.63) is 0 Å². The maximum atomic E-state index is 11.8. The van der Waals surface area contributed by atoms with Crippen molar-refractivity contribution in [2.24, 2.45) is 0 Å². The molecule has 0 aromatic carbocycles. The number of hydrogen-bond acceptors (Lipinski definition) is 7. The van der Waals surface area contributed by atoms with Gasteiger partial charge in [-0.25, -0.2) is 4.79 Å². The maximum absolute atomic E-state index is 11.8. The highest BCUT2D eigenvalue weighted by Crippen LogP contribution is 2.14. The van der Waals surface area contributed by atoms with Gasteiger partial charge in [0, 0.05) is 19.3 Å². The molecular weight excluding hydrogens is 270 g/mol. The number of hydrogen-bond donors (Lipinski definition) is 1. The van der Waals surface area contributed by atoms with Crippen LogP contribution < -0.4 is 5.32 Å². The fourth-order valence-electron chi connectivity index (χ4n) is 1.73. The van der Waals surface area contributed by atoms with Gasteiger partial charge in [-0.3, -0.25) is 14.4 Å². The predicted octanol–water partition coefficient (Wildman–Crippen LogP) is -0.697. The third-order valence-electron chi connectivity index (χ3n) is 2.84. The molecule has 1 aliphatic heterocycles. The Morgan fingerprint density at radius 2 is 2.05 bits per heavy atom. The van der Waals surface area contributed by atoms with Gasteiger partial charge in [0.25, 0.3) is 5.91 Å². The smallest absolute Gasteiger partial charge is 0.328 e. The minimum Gasteiger partial charge on any atom is -0.469 e. The zero-order chi connectivity index (χ0) is 15.1. The topological polar surface area (TPSA) is 108 Å². The average molecular weight is 287 g/mol. The van der Waals surface area contributed by atoms with E-state index < -0.39 is 36.0 Å². The van der Waals surface area contributed by atoms with Gasteiger partial charge < -0.3 is 19.5 Å². The van der Waals surface area contributed by atoms with E-state index in [1.54, 1.807) is 0 Å². The van der Waals surface area contributed by atoms with E-state index >= 15 is 0 Å². The Morgan fingerprint density at radius 3 is 2.55 bits per heavy atom. The number of amides is 1. The van der Waals surface area contributed by atoms with Crippen molar-refractivity contribution in [1.82, 2.24) is 5.32 Å². The summed E-state index contributed by atoms with van der Waals surface area (Å²) in [5, 5.41) is 2.41. The molecule has 112 valence electrons. The zero-order valence-electron chi connectivity index (χ0n) is 11.3. The maximum Gasteiger partial charge on any atom is 0.328 e. The number of methoxy groups -OCH3 is 2. The van der Waals surface area contributed by atoms with Gasteiger partial charge in [0.2, 0.25) is 0 Å². The van der Waals surface area contributed by atoms with E-state index in [-0.39, 0.29) is 25.7 Å². The first-order valence-corrected chi connectivity index (χ1v) is 6.12. The molecule has 1 fully saturated rings. The van der Waals surface area contributed by atoms with Crippen LogP contribution in [0.25, 0.3) is 0 Å². The summed E-state index contributed by atoms with van der Waals surface area (Å²) in [4.78, 5) is 45.3. The lowest BCUT2D eigenvalue weighted by Gasteiger charge is -2.18. The Labute approximate surface area is 115 Å². The molecule has 0 bridgehead atoms. The average Bonchev–Trinajstić information content (AvgIpc) is 2.88. The number of carbonyl (C=O) groups is 4. The van der Waals surface area contributed by atoms with E-state index in [9.17, 15) is 19.2 Å². The van der Waals surface area contributed by atoms with Gasteiger partial charge in [-0.2, -0.15) is 0 Å². The highest BCUT2D eigenvalue weighted by atomic mass is 16.6. The van der Waals surface area contributed by atoms with Crippen LogP contribution in [0.2, 0.25) is 0 Å². The number of rotatable bonds is 6. The molecule has 1 amide bonds. The Bertz CT molecular complexity index is 407. The second-order valence-corrected chi connectivity index (χ2v) is 4.22. The second-order valence-electron chi connectivity index (χ2n) is 4.22. The van der Waals surface area contributed by atoms with Crippen molar-refractivity contribution >= 4 is 23.8 Å². The summed E-state index contributed by atoms with van der Waals surface area (Å²) in [5.41, 5.74) is 0. The summed E-state index contributed by atoms with van der Waals surface area (Å²) < 4.78 is 13.8. The standard InChI is InChI=1S/C12H17NO7/c1-18-9(14)5-3-7(12(17)19-2)13-11(16)8-4-6-10(15)20-8/h7-8H,3-6H2,1-2H3,(H,13,16)/t7-,8-/m1/s1. The number of cyclic esters (lactones) is 1. The molecule has 0 aromatic rings. The molecule has 1 N–H and O–H groups in total. The van der Waals surface area contributed by atoms with E-state index in [1.165, 1.54) is 14.2 Å². The van der Waals surface area contributed by atoms with Crippen molar-refractivity contribution in [2.75, 3.05) is 14.2 Å². The lowest BCUT2D eigenvalue weighted by Crippen LogP contribution is -2.46. The van der Waals surface area contributed by atoms with Crippen LogP contribution in [0.1, 0.15) is 25.7 Å². The molecule has 1 rings (SSSR count). The highest BCUT2D eigenvalue weighted by molar-refractivity contribution is 5.90. The van der Waals surface area contributed by atoms with Crippen LogP contribution in [0.15, 0.2) is 0 Å². The van der Waals surface area contributed by atoms with Crippen LogP contribution in [0.3, 0.4) is 0 Å². The highest BCUT2D eigenvalue weighted by Gasteiger charge is 2.32. The zero-order valence-corrected chi connectivity index (χ0v) is 11.3. The third kappa shape index (κ3) is 4.52. The van der Waals surface area contributed by atoms with E-state index in [1.807, 2.05) is 0 Å². The fraction of sp³-hybridized carbons (Fsp3) is 0.667. The van der Waals surface area contributed by atoms with Crippen LogP contribution >= 0.6 is 0 Å². The molecule has 1 aliphatic rings. The third-order valence-corrected chi connectivity index (χ3v) is 2.84. The van der Waals surface area contributed by atoms with Gasteiger partial charge in [0.05, 0.1) is 14.2 Å². The SMILES string of the molecule is COC(=O)CC[C@@H](NC(=O)[C@H]1CCC(=O)O1)C(=O)OC. The predicted molar refractivity (Wildman–Crippen MR) is 64.3 cm³/mol. The van der Waals surface area contributed by atoms with E-state index in [4.69, 9.17) is 4.74 Å². The monoisotopic (exact) mass is 287 g/mol. The minimum absolute atomic E-state index is 0.0407. The summed E-state index contributed by atoms with van der Waals surface area (Å²) >= 11 is 0. The van der Waals surface area contributed by atoms with E-state index in [0.29, 0.717) is 0 Å². The molecule has 0 spiro atoms. The van der Waals surface area contributed by atoms with Gasteiger partial charge in [-0.1, -0.05) is 0 Å². The number of esters is 3.